The van der Waals surface area contributed by atoms with Gasteiger partial charge in [-0.2, -0.15) is 0 Å². The van der Waals surface area contributed by atoms with Gasteiger partial charge in [0.2, 0.25) is 5.91 Å². The number of hydrogen-bond acceptors (Lipinski definition) is 1. The molecule has 1 saturated carbocycles. The molecule has 0 aliphatic heterocycles. The van der Waals surface area contributed by atoms with Crippen molar-refractivity contribution >= 4 is 5.91 Å². The molecule has 64 valence electrons. The number of carbonyl (C=O) groups excluding carboxylic acids is 1. The van der Waals surface area contributed by atoms with Crippen molar-refractivity contribution in [1.82, 2.24) is 0 Å². The van der Waals surface area contributed by atoms with E-state index in [0.29, 0.717) is 11.8 Å². The highest BCUT2D eigenvalue weighted by Gasteiger charge is 2.53. The van der Waals surface area contributed by atoms with E-state index in [-0.39, 0.29) is 11.3 Å². The smallest absolute Gasteiger partial charge is 0.223 e. The lowest BCUT2D eigenvalue weighted by molar-refractivity contribution is -0.125. The third-order valence-corrected chi connectivity index (χ3v) is 3.15. The van der Waals surface area contributed by atoms with Crippen LogP contribution in [0.15, 0.2) is 0 Å². The number of primary amides is 1. The summed E-state index contributed by atoms with van der Waals surface area (Å²) < 4.78 is 0. The van der Waals surface area contributed by atoms with E-state index in [9.17, 15) is 4.79 Å². The summed E-state index contributed by atoms with van der Waals surface area (Å²) in [5, 5.41) is 0. The number of carbonyl (C=O) groups is 1. The van der Waals surface area contributed by atoms with Crippen LogP contribution >= 0.6 is 0 Å². The van der Waals surface area contributed by atoms with Crippen LogP contribution in [0.2, 0.25) is 0 Å². The molecule has 1 aliphatic rings. The first-order chi connectivity index (χ1) is 5.00. The Bertz CT molecular complexity index is 170. The van der Waals surface area contributed by atoms with Gasteiger partial charge in [-0.25, -0.2) is 0 Å². The van der Waals surface area contributed by atoms with Gasteiger partial charge in [0.25, 0.3) is 0 Å². The summed E-state index contributed by atoms with van der Waals surface area (Å²) in [5.41, 5.74) is 5.20. The molecule has 0 aromatic carbocycles. The van der Waals surface area contributed by atoms with Gasteiger partial charge in [0.15, 0.2) is 0 Å². The molecule has 0 radical (unpaired) electrons. The number of nitrogens with two attached hydrogens (primary N) is 1. The van der Waals surface area contributed by atoms with Crippen molar-refractivity contribution in [3.8, 4) is 0 Å². The van der Waals surface area contributed by atoms with Gasteiger partial charge in [0, 0.05) is 0 Å². The predicted molar refractivity (Wildman–Crippen MR) is 44.9 cm³/mol. The molecule has 1 amide bonds. The molecule has 0 bridgehead atoms. The van der Waals surface area contributed by atoms with Crippen LogP contribution in [0.5, 0.6) is 0 Å². The lowest BCUT2D eigenvalue weighted by atomic mass is 9.82. The Hall–Kier alpha value is -0.530. The molecule has 1 fully saturated rings. The Labute approximate surface area is 68.2 Å². The maximum absolute atomic E-state index is 11.1. The van der Waals surface area contributed by atoms with Crippen molar-refractivity contribution in [2.24, 2.45) is 23.0 Å². The van der Waals surface area contributed by atoms with Crippen molar-refractivity contribution in [3.05, 3.63) is 0 Å². The van der Waals surface area contributed by atoms with Crippen molar-refractivity contribution in [2.45, 2.75) is 33.6 Å². The standard InChI is InChI=1S/C9H17NO/c1-6(2)7(3)9(4-5-9)8(10)11/h6-7H,4-5H2,1-3H3,(H2,10,11). The average molecular weight is 155 g/mol. The zero-order valence-electron chi connectivity index (χ0n) is 7.55. The SMILES string of the molecule is CC(C)C(C)C1(C(N)=O)CC1. The van der Waals surface area contributed by atoms with Gasteiger partial charge in [0.1, 0.15) is 0 Å². The van der Waals surface area contributed by atoms with Gasteiger partial charge >= 0.3 is 0 Å². The van der Waals surface area contributed by atoms with Gasteiger partial charge in [-0.15, -0.1) is 0 Å². The lowest BCUT2D eigenvalue weighted by Gasteiger charge is -2.23. The fraction of sp³-hybridized carbons (Fsp3) is 0.889. The van der Waals surface area contributed by atoms with E-state index in [1.807, 2.05) is 0 Å². The van der Waals surface area contributed by atoms with Crippen molar-refractivity contribution in [2.75, 3.05) is 0 Å². The summed E-state index contributed by atoms with van der Waals surface area (Å²) >= 11 is 0. The summed E-state index contributed by atoms with van der Waals surface area (Å²) in [5.74, 6) is 0.906. The minimum Gasteiger partial charge on any atom is -0.369 e. The molecule has 1 rings (SSSR count). The van der Waals surface area contributed by atoms with Crippen LogP contribution in [0.1, 0.15) is 33.6 Å². The van der Waals surface area contributed by atoms with Gasteiger partial charge in [-0.1, -0.05) is 20.8 Å². The maximum Gasteiger partial charge on any atom is 0.223 e. The topological polar surface area (TPSA) is 43.1 Å². The molecule has 0 aromatic heterocycles. The summed E-state index contributed by atoms with van der Waals surface area (Å²) in [7, 11) is 0. The molecule has 0 saturated heterocycles. The third-order valence-electron chi connectivity index (χ3n) is 3.15. The second-order valence-electron chi connectivity index (χ2n) is 4.05. The van der Waals surface area contributed by atoms with E-state index in [1.54, 1.807) is 0 Å². The van der Waals surface area contributed by atoms with Crippen molar-refractivity contribution < 1.29 is 4.79 Å². The fourth-order valence-corrected chi connectivity index (χ4v) is 1.70. The predicted octanol–water partition coefficient (Wildman–Crippen LogP) is 1.54. The Balaban J connectivity index is 2.65. The van der Waals surface area contributed by atoms with Gasteiger partial charge in [0.05, 0.1) is 5.41 Å². The van der Waals surface area contributed by atoms with E-state index in [0.717, 1.165) is 12.8 Å². The molecular weight excluding hydrogens is 138 g/mol. The van der Waals surface area contributed by atoms with Crippen molar-refractivity contribution in [3.63, 3.8) is 0 Å². The van der Waals surface area contributed by atoms with Gasteiger partial charge in [-0.3, -0.25) is 4.79 Å². The second kappa shape index (κ2) is 2.50. The highest BCUT2D eigenvalue weighted by Crippen LogP contribution is 2.53. The highest BCUT2D eigenvalue weighted by atomic mass is 16.1. The first kappa shape index (κ1) is 8.57. The van der Waals surface area contributed by atoms with Crippen LogP contribution in [-0.4, -0.2) is 5.91 Å². The third kappa shape index (κ3) is 1.26. The molecule has 2 nitrogen and oxygen atoms in total. The molecule has 1 aliphatic carbocycles. The van der Waals surface area contributed by atoms with Crippen molar-refractivity contribution in [1.29, 1.82) is 0 Å². The van der Waals surface area contributed by atoms with E-state index < -0.39 is 0 Å². The summed E-state index contributed by atoms with van der Waals surface area (Å²) in [6.07, 6.45) is 2.00. The summed E-state index contributed by atoms with van der Waals surface area (Å²) in [6.45, 7) is 6.42. The minimum atomic E-state index is -0.131. The quantitative estimate of drug-likeness (QED) is 0.660. The van der Waals surface area contributed by atoms with E-state index in [4.69, 9.17) is 5.73 Å². The van der Waals surface area contributed by atoms with Gasteiger partial charge < -0.3 is 5.73 Å². The Morgan fingerprint density at radius 3 is 1.91 bits per heavy atom. The first-order valence-corrected chi connectivity index (χ1v) is 4.30. The average Bonchev–Trinajstić information content (AvgIpc) is 2.65. The maximum atomic E-state index is 11.1. The Morgan fingerprint density at radius 1 is 1.36 bits per heavy atom. The fourth-order valence-electron chi connectivity index (χ4n) is 1.70. The second-order valence-corrected chi connectivity index (χ2v) is 4.05. The van der Waals surface area contributed by atoms with Crippen LogP contribution in [0.25, 0.3) is 0 Å². The highest BCUT2D eigenvalue weighted by molar-refractivity contribution is 5.83. The Morgan fingerprint density at radius 2 is 1.82 bits per heavy atom. The lowest BCUT2D eigenvalue weighted by Crippen LogP contribution is -2.32. The molecule has 2 heteroatoms. The van der Waals surface area contributed by atoms with E-state index >= 15 is 0 Å². The van der Waals surface area contributed by atoms with E-state index in [1.165, 1.54) is 0 Å². The number of hydrogen-bond donors (Lipinski definition) is 1. The normalized spacial score (nSPS) is 23.3. The molecule has 0 aromatic rings. The monoisotopic (exact) mass is 155 g/mol. The minimum absolute atomic E-state index is 0.0984. The van der Waals surface area contributed by atoms with Crippen LogP contribution in [0, 0.1) is 17.3 Å². The molecular formula is C9H17NO. The molecule has 1 unspecified atom stereocenters. The molecule has 0 spiro atoms. The van der Waals surface area contributed by atoms with E-state index in [2.05, 4.69) is 20.8 Å². The van der Waals surface area contributed by atoms with Gasteiger partial charge in [-0.05, 0) is 24.7 Å². The molecule has 2 N–H and O–H groups in total. The first-order valence-electron chi connectivity index (χ1n) is 4.30. The molecule has 11 heavy (non-hydrogen) atoms. The Kier molecular flexibility index (Phi) is 1.95. The van der Waals surface area contributed by atoms with Crippen LogP contribution < -0.4 is 5.73 Å². The van der Waals surface area contributed by atoms with Crippen LogP contribution in [-0.2, 0) is 4.79 Å². The molecule has 1 atom stereocenters. The van der Waals surface area contributed by atoms with Crippen LogP contribution in [0.4, 0.5) is 0 Å². The number of amides is 1. The largest absolute Gasteiger partial charge is 0.369 e. The zero-order chi connectivity index (χ0) is 8.65. The molecule has 0 heterocycles. The zero-order valence-corrected chi connectivity index (χ0v) is 7.55. The summed E-state index contributed by atoms with van der Waals surface area (Å²) in [4.78, 5) is 11.1. The number of rotatable bonds is 3. The summed E-state index contributed by atoms with van der Waals surface area (Å²) in [6, 6.07) is 0. The van der Waals surface area contributed by atoms with Crippen LogP contribution in [0.3, 0.4) is 0 Å².